The number of nitrogens with one attached hydrogen (secondary N) is 1. The zero-order valence-corrected chi connectivity index (χ0v) is 19.1. The molecule has 1 aliphatic heterocycles. The van der Waals surface area contributed by atoms with Gasteiger partial charge in [0.2, 0.25) is 16.0 Å². The highest BCUT2D eigenvalue weighted by atomic mass is 35.5. The Kier molecular flexibility index (Phi) is 6.33. The van der Waals surface area contributed by atoms with Crippen molar-refractivity contribution in [3.05, 3.63) is 47.2 Å². The van der Waals surface area contributed by atoms with Crippen LogP contribution in [0.2, 0.25) is 5.15 Å². The summed E-state index contributed by atoms with van der Waals surface area (Å²) in [5.74, 6) is 1.000. The molecule has 0 saturated carbocycles. The lowest BCUT2D eigenvalue weighted by atomic mass is 10.1. The molecular formula is C20H25ClN8O2S. The molecule has 4 rings (SSSR count). The zero-order valence-electron chi connectivity index (χ0n) is 17.6. The number of hydrogen-bond donors (Lipinski definition) is 3. The second-order valence-corrected chi connectivity index (χ2v) is 9.91. The van der Waals surface area contributed by atoms with Gasteiger partial charge in [-0.05, 0) is 24.7 Å². The van der Waals surface area contributed by atoms with Crippen molar-refractivity contribution in [2.75, 3.05) is 55.7 Å². The molecule has 32 heavy (non-hydrogen) atoms. The van der Waals surface area contributed by atoms with Gasteiger partial charge in [0.15, 0.2) is 0 Å². The summed E-state index contributed by atoms with van der Waals surface area (Å²) in [5.41, 5.74) is 7.41. The van der Waals surface area contributed by atoms with E-state index in [4.69, 9.17) is 27.5 Å². The van der Waals surface area contributed by atoms with Gasteiger partial charge in [0.05, 0.1) is 11.7 Å². The zero-order chi connectivity index (χ0) is 22.9. The van der Waals surface area contributed by atoms with E-state index in [1.807, 2.05) is 0 Å². The number of primary sulfonamides is 1. The lowest BCUT2D eigenvalue weighted by molar-refractivity contribution is 0.311. The number of fused-ring (bicyclic) bond motifs is 1. The van der Waals surface area contributed by atoms with Crippen LogP contribution in [0.25, 0.3) is 10.9 Å². The minimum atomic E-state index is -3.95. The van der Waals surface area contributed by atoms with Crippen LogP contribution in [-0.4, -0.2) is 68.0 Å². The molecule has 1 atom stereocenters. The Hall–Kier alpha value is -2.73. The van der Waals surface area contributed by atoms with Crippen LogP contribution in [0.3, 0.4) is 0 Å². The van der Waals surface area contributed by atoms with E-state index in [0.717, 1.165) is 26.2 Å². The summed E-state index contributed by atoms with van der Waals surface area (Å²) in [6, 6.07) is 8.41. The first-order valence-electron chi connectivity index (χ1n) is 10.1. The Balaban J connectivity index is 1.70. The van der Waals surface area contributed by atoms with Gasteiger partial charge in [0.25, 0.3) is 0 Å². The molecule has 5 N–H and O–H groups in total. The number of sulfonamides is 1. The smallest absolute Gasteiger partial charge is 0.228 e. The maximum Gasteiger partial charge on any atom is 0.228 e. The second kappa shape index (κ2) is 9.02. The van der Waals surface area contributed by atoms with Crippen LogP contribution in [0.1, 0.15) is 10.8 Å². The van der Waals surface area contributed by atoms with Gasteiger partial charge in [0, 0.05) is 43.8 Å². The van der Waals surface area contributed by atoms with Crippen LogP contribution in [0, 0.1) is 0 Å². The third kappa shape index (κ3) is 4.85. The fraction of sp³-hybridized carbons (Fsp3) is 0.350. The Morgan fingerprint density at radius 2 is 1.91 bits per heavy atom. The van der Waals surface area contributed by atoms with Gasteiger partial charge in [-0.2, -0.15) is 4.98 Å². The third-order valence-electron chi connectivity index (χ3n) is 5.52. The van der Waals surface area contributed by atoms with Crippen molar-refractivity contribution in [3.8, 4) is 0 Å². The fourth-order valence-electron chi connectivity index (χ4n) is 3.67. The molecular weight excluding hydrogens is 452 g/mol. The standard InChI is InChI=1S/C20H25ClN8O2S/c1-28-6-8-29(9-7-28)20-26-16-11-24-18(21)10-14(16)19(27-20)25-12-17(32(23,30)31)13-4-2-3-5-15(13)22/h2-5,10-11,17H,6-9,12,22H2,1H3,(H2,23,30,31)(H,25,26,27). The maximum atomic E-state index is 12.4. The summed E-state index contributed by atoms with van der Waals surface area (Å²) in [7, 11) is -1.88. The molecule has 1 saturated heterocycles. The summed E-state index contributed by atoms with van der Waals surface area (Å²) in [6.07, 6.45) is 1.58. The minimum absolute atomic E-state index is 0.0265. The number of anilines is 3. The summed E-state index contributed by atoms with van der Waals surface area (Å²) in [6.45, 7) is 3.32. The Bertz CT molecular complexity index is 1230. The Labute approximate surface area is 191 Å². The number of nitrogens with two attached hydrogens (primary N) is 2. The number of likely N-dealkylation sites (N-methyl/N-ethyl adjacent to an activating group) is 1. The van der Waals surface area contributed by atoms with Crippen molar-refractivity contribution < 1.29 is 8.42 Å². The van der Waals surface area contributed by atoms with Crippen molar-refractivity contribution >= 4 is 50.0 Å². The number of aromatic nitrogens is 3. The summed E-state index contributed by atoms with van der Waals surface area (Å²) < 4.78 is 24.7. The van der Waals surface area contributed by atoms with Gasteiger partial charge in [-0.3, -0.25) is 0 Å². The maximum absolute atomic E-state index is 12.4. The number of piperazine rings is 1. The van der Waals surface area contributed by atoms with Crippen LogP contribution in [0.5, 0.6) is 0 Å². The van der Waals surface area contributed by atoms with E-state index in [2.05, 4.69) is 32.1 Å². The predicted octanol–water partition coefficient (Wildman–Crippen LogP) is 1.45. The van der Waals surface area contributed by atoms with E-state index in [-0.39, 0.29) is 11.7 Å². The van der Waals surface area contributed by atoms with Gasteiger partial charge in [-0.1, -0.05) is 29.8 Å². The van der Waals surface area contributed by atoms with Crippen LogP contribution < -0.4 is 21.1 Å². The van der Waals surface area contributed by atoms with E-state index in [1.54, 1.807) is 36.5 Å². The molecule has 1 unspecified atom stereocenters. The van der Waals surface area contributed by atoms with Crippen LogP contribution in [0.15, 0.2) is 36.5 Å². The van der Waals surface area contributed by atoms with Crippen molar-refractivity contribution in [1.29, 1.82) is 0 Å². The monoisotopic (exact) mass is 476 g/mol. The summed E-state index contributed by atoms with van der Waals surface area (Å²) in [4.78, 5) is 17.8. The molecule has 1 fully saturated rings. The first kappa shape index (κ1) is 22.5. The molecule has 10 nitrogen and oxygen atoms in total. The van der Waals surface area contributed by atoms with Crippen molar-refractivity contribution in [3.63, 3.8) is 0 Å². The summed E-state index contributed by atoms with van der Waals surface area (Å²) >= 11 is 6.10. The normalized spacial score (nSPS) is 16.3. The van der Waals surface area contributed by atoms with Crippen LogP contribution >= 0.6 is 11.6 Å². The molecule has 0 radical (unpaired) electrons. The van der Waals surface area contributed by atoms with Crippen molar-refractivity contribution in [2.45, 2.75) is 5.25 Å². The number of hydrogen-bond acceptors (Lipinski definition) is 9. The average Bonchev–Trinajstić information content (AvgIpc) is 2.74. The minimum Gasteiger partial charge on any atom is -0.398 e. The van der Waals surface area contributed by atoms with Gasteiger partial charge < -0.3 is 20.9 Å². The van der Waals surface area contributed by atoms with Gasteiger partial charge >= 0.3 is 0 Å². The molecule has 3 aromatic rings. The molecule has 0 bridgehead atoms. The second-order valence-electron chi connectivity index (χ2n) is 7.77. The molecule has 0 aliphatic carbocycles. The van der Waals surface area contributed by atoms with Crippen molar-refractivity contribution in [2.24, 2.45) is 5.14 Å². The highest BCUT2D eigenvalue weighted by Gasteiger charge is 2.26. The molecule has 1 aromatic carbocycles. The van der Waals surface area contributed by atoms with E-state index in [1.165, 1.54) is 0 Å². The molecule has 3 heterocycles. The number of rotatable bonds is 6. The number of nitrogens with zero attached hydrogens (tertiary/aromatic N) is 5. The SMILES string of the molecule is CN1CCN(c2nc(NCC(c3ccccc3N)S(N)(=O)=O)c3cc(Cl)ncc3n2)CC1. The lowest BCUT2D eigenvalue weighted by Gasteiger charge is -2.32. The Morgan fingerprint density at radius 1 is 1.19 bits per heavy atom. The Morgan fingerprint density at radius 3 is 2.59 bits per heavy atom. The molecule has 12 heteroatoms. The van der Waals surface area contributed by atoms with E-state index in [9.17, 15) is 8.42 Å². The van der Waals surface area contributed by atoms with E-state index in [0.29, 0.717) is 33.9 Å². The fourth-order valence-corrected chi connectivity index (χ4v) is 4.72. The molecule has 1 aliphatic rings. The molecule has 0 amide bonds. The van der Waals surface area contributed by atoms with Crippen LogP contribution in [-0.2, 0) is 10.0 Å². The summed E-state index contributed by atoms with van der Waals surface area (Å²) in [5, 5.41) is 8.55. The first-order chi connectivity index (χ1) is 15.2. The predicted molar refractivity (Wildman–Crippen MR) is 127 cm³/mol. The van der Waals surface area contributed by atoms with Gasteiger partial charge in [-0.15, -0.1) is 0 Å². The van der Waals surface area contributed by atoms with E-state index >= 15 is 0 Å². The molecule has 2 aromatic heterocycles. The topological polar surface area (TPSA) is 143 Å². The quantitative estimate of drug-likeness (QED) is 0.355. The van der Waals surface area contributed by atoms with Gasteiger partial charge in [-0.25, -0.2) is 23.5 Å². The highest BCUT2D eigenvalue weighted by Crippen LogP contribution is 2.29. The largest absolute Gasteiger partial charge is 0.398 e. The molecule has 170 valence electrons. The average molecular weight is 477 g/mol. The third-order valence-corrected chi connectivity index (χ3v) is 6.94. The number of pyridine rings is 1. The number of benzene rings is 1. The lowest BCUT2D eigenvalue weighted by Crippen LogP contribution is -2.45. The number of para-hydroxylation sites is 1. The first-order valence-corrected chi connectivity index (χ1v) is 12.1. The number of nitrogen functional groups attached to an aromatic ring is 1. The highest BCUT2D eigenvalue weighted by molar-refractivity contribution is 7.89. The number of halogens is 1. The van der Waals surface area contributed by atoms with Gasteiger partial charge in [0.1, 0.15) is 16.2 Å². The molecule has 0 spiro atoms. The van der Waals surface area contributed by atoms with E-state index < -0.39 is 15.3 Å². The van der Waals surface area contributed by atoms with Crippen LogP contribution in [0.4, 0.5) is 17.5 Å². The van der Waals surface area contributed by atoms with Crippen molar-refractivity contribution in [1.82, 2.24) is 19.9 Å².